The Hall–Kier alpha value is -1.56. The second-order valence-electron chi connectivity index (χ2n) is 3.13. The Labute approximate surface area is 70.8 Å². The summed E-state index contributed by atoms with van der Waals surface area (Å²) in [7, 11) is 0. The number of hydrogen-bond acceptors (Lipinski definition) is 0. The van der Waals surface area contributed by atoms with Crippen molar-refractivity contribution in [3.8, 4) is 0 Å². The van der Waals surface area contributed by atoms with Crippen LogP contribution in [0.15, 0.2) is 48.5 Å². The molecule has 0 aromatic heterocycles. The van der Waals surface area contributed by atoms with E-state index < -0.39 is 0 Å². The molecule has 0 nitrogen and oxygen atoms in total. The highest BCUT2D eigenvalue weighted by atomic mass is 14.0. The Bertz CT molecular complexity index is 478. The maximum atomic E-state index is 2.18. The molecule has 0 heteroatoms. The van der Waals surface area contributed by atoms with Crippen LogP contribution in [0.1, 0.15) is 0 Å². The fraction of sp³-hybridized carbons (Fsp3) is 0. The summed E-state index contributed by atoms with van der Waals surface area (Å²) in [4.78, 5) is 0. The minimum atomic E-state index is 1.34. The van der Waals surface area contributed by atoms with Gasteiger partial charge in [-0.25, -0.2) is 0 Å². The fourth-order valence-corrected chi connectivity index (χ4v) is 1.84. The van der Waals surface area contributed by atoms with Crippen LogP contribution in [0.4, 0.5) is 0 Å². The van der Waals surface area contributed by atoms with Crippen LogP contribution in [0.5, 0.6) is 0 Å². The Kier molecular flexibility index (Phi) is 0.991. The molecule has 0 spiro atoms. The fourth-order valence-electron chi connectivity index (χ4n) is 1.84. The maximum Gasteiger partial charge on any atom is -0.00389 e. The molecule has 56 valence electrons. The van der Waals surface area contributed by atoms with E-state index in [1.165, 1.54) is 21.5 Å². The summed E-state index contributed by atoms with van der Waals surface area (Å²) in [5.41, 5.74) is 0. The minimum absolute atomic E-state index is 1.34. The van der Waals surface area contributed by atoms with Gasteiger partial charge >= 0.3 is 0 Å². The predicted octanol–water partition coefficient (Wildman–Crippen LogP) is 3.43. The van der Waals surface area contributed by atoms with Crippen LogP contribution in [0.3, 0.4) is 0 Å². The monoisotopic (exact) mass is 152 g/mol. The molecule has 0 saturated carbocycles. The van der Waals surface area contributed by atoms with E-state index >= 15 is 0 Å². The molecule has 12 heavy (non-hydrogen) atoms. The molecule has 0 aliphatic carbocycles. The van der Waals surface area contributed by atoms with Crippen molar-refractivity contribution >= 4 is 21.5 Å². The molecule has 0 aliphatic heterocycles. The predicted molar refractivity (Wildman–Crippen MR) is 52.6 cm³/mol. The molecule has 0 atom stereocenters. The van der Waals surface area contributed by atoms with Gasteiger partial charge < -0.3 is 0 Å². The van der Waals surface area contributed by atoms with E-state index in [2.05, 4.69) is 48.5 Å². The van der Waals surface area contributed by atoms with Crippen LogP contribution in [0, 0.1) is 0 Å². The molecule has 3 aromatic rings. The lowest BCUT2D eigenvalue weighted by atomic mass is 10.2. The van der Waals surface area contributed by atoms with Gasteiger partial charge in [-0.05, 0) is 21.5 Å². The third-order valence-electron chi connectivity index (χ3n) is 2.41. The van der Waals surface area contributed by atoms with Gasteiger partial charge in [-0.2, -0.15) is 0 Å². The van der Waals surface area contributed by atoms with E-state index in [-0.39, 0.29) is 0 Å². The van der Waals surface area contributed by atoms with Crippen molar-refractivity contribution in [1.82, 2.24) is 0 Å². The van der Waals surface area contributed by atoms with Gasteiger partial charge in [0.05, 0.1) is 0 Å². The molecule has 0 aliphatic rings. The zero-order valence-corrected chi connectivity index (χ0v) is 6.62. The first-order valence-corrected chi connectivity index (χ1v) is 4.15. The molecule has 0 N–H and O–H groups in total. The molecule has 0 saturated heterocycles. The zero-order chi connectivity index (χ0) is 7.97. The zero-order valence-electron chi connectivity index (χ0n) is 6.62. The smallest absolute Gasteiger partial charge is 0.00389 e. The highest BCUT2D eigenvalue weighted by molar-refractivity contribution is 6.12. The van der Waals surface area contributed by atoms with Crippen LogP contribution in [-0.2, 0) is 0 Å². The molecule has 0 amide bonds. The SMILES string of the molecule is c1ccc2ccc3ccc(c1)c23. The molecule has 0 fully saturated rings. The second kappa shape index (κ2) is 1.98. The standard InChI is InChI=1S/C12H8/c1-2-4-10-6-8-11-7-5-9(3-1)12(10)11/h1-8H. The molecule has 0 radical (unpaired) electrons. The molecular formula is C12H8. The molecule has 3 aromatic carbocycles. The molecular weight excluding hydrogens is 144 g/mol. The van der Waals surface area contributed by atoms with E-state index in [0.717, 1.165) is 0 Å². The third-order valence-corrected chi connectivity index (χ3v) is 2.41. The van der Waals surface area contributed by atoms with Gasteiger partial charge in [-0.3, -0.25) is 0 Å². The highest BCUT2D eigenvalue weighted by Gasteiger charge is 2.00. The summed E-state index contributed by atoms with van der Waals surface area (Å²) >= 11 is 0. The Morgan fingerprint density at radius 2 is 0.917 bits per heavy atom. The Morgan fingerprint density at radius 1 is 0.500 bits per heavy atom. The average molecular weight is 152 g/mol. The minimum Gasteiger partial charge on any atom is -0.0616 e. The van der Waals surface area contributed by atoms with Gasteiger partial charge in [0.2, 0.25) is 0 Å². The lowest BCUT2D eigenvalue weighted by Crippen LogP contribution is -1.51. The van der Waals surface area contributed by atoms with Crippen molar-refractivity contribution in [1.29, 1.82) is 0 Å². The average Bonchev–Trinajstić information content (AvgIpc) is 2.57. The van der Waals surface area contributed by atoms with E-state index in [1.54, 1.807) is 0 Å². The highest BCUT2D eigenvalue weighted by Crippen LogP contribution is 2.28. The molecule has 0 heterocycles. The number of hydrogen-bond donors (Lipinski definition) is 0. The van der Waals surface area contributed by atoms with Gasteiger partial charge in [0, 0.05) is 0 Å². The van der Waals surface area contributed by atoms with Gasteiger partial charge in [0.25, 0.3) is 0 Å². The normalized spacial score (nSPS) is 11.3. The van der Waals surface area contributed by atoms with Crippen molar-refractivity contribution in [2.45, 2.75) is 0 Å². The van der Waals surface area contributed by atoms with E-state index in [4.69, 9.17) is 0 Å². The summed E-state index contributed by atoms with van der Waals surface area (Å²) in [6.07, 6.45) is 0. The van der Waals surface area contributed by atoms with Gasteiger partial charge in [0.1, 0.15) is 0 Å². The summed E-state index contributed by atoms with van der Waals surface area (Å²) in [6, 6.07) is 17.2. The second-order valence-corrected chi connectivity index (χ2v) is 3.13. The molecule has 0 unspecified atom stereocenters. The Morgan fingerprint density at radius 3 is 1.42 bits per heavy atom. The number of rotatable bonds is 0. The van der Waals surface area contributed by atoms with Gasteiger partial charge in [-0.1, -0.05) is 48.5 Å². The van der Waals surface area contributed by atoms with E-state index in [0.29, 0.717) is 0 Å². The van der Waals surface area contributed by atoms with Crippen molar-refractivity contribution in [2.75, 3.05) is 0 Å². The summed E-state index contributed by atoms with van der Waals surface area (Å²) < 4.78 is 0. The van der Waals surface area contributed by atoms with Crippen LogP contribution in [-0.4, -0.2) is 0 Å². The van der Waals surface area contributed by atoms with Crippen LogP contribution < -0.4 is 0 Å². The largest absolute Gasteiger partial charge is 0.0616 e. The first kappa shape index (κ1) is 6.01. The Balaban J connectivity index is 2.78. The first-order valence-electron chi connectivity index (χ1n) is 4.15. The summed E-state index contributed by atoms with van der Waals surface area (Å²) in [5, 5.41) is 5.45. The summed E-state index contributed by atoms with van der Waals surface area (Å²) in [5.74, 6) is 0. The van der Waals surface area contributed by atoms with Crippen LogP contribution >= 0.6 is 0 Å². The quantitative estimate of drug-likeness (QED) is 0.463. The van der Waals surface area contributed by atoms with Crippen molar-refractivity contribution in [3.63, 3.8) is 0 Å². The van der Waals surface area contributed by atoms with Crippen molar-refractivity contribution in [2.24, 2.45) is 0 Å². The topological polar surface area (TPSA) is 0 Å². The van der Waals surface area contributed by atoms with Gasteiger partial charge in [0.15, 0.2) is 0 Å². The summed E-state index contributed by atoms with van der Waals surface area (Å²) in [6.45, 7) is 0. The molecule has 3 rings (SSSR count). The van der Waals surface area contributed by atoms with E-state index in [1.807, 2.05) is 0 Å². The van der Waals surface area contributed by atoms with E-state index in [9.17, 15) is 0 Å². The lowest BCUT2D eigenvalue weighted by molar-refractivity contribution is 1.91. The lowest BCUT2D eigenvalue weighted by Gasteiger charge is -1.80. The first-order chi connectivity index (χ1) is 5.95. The van der Waals surface area contributed by atoms with Crippen LogP contribution in [0.25, 0.3) is 21.5 Å². The van der Waals surface area contributed by atoms with Gasteiger partial charge in [-0.15, -0.1) is 0 Å². The third kappa shape index (κ3) is 0.620. The van der Waals surface area contributed by atoms with Crippen molar-refractivity contribution in [3.05, 3.63) is 48.5 Å². The maximum absolute atomic E-state index is 2.18. The van der Waals surface area contributed by atoms with Crippen molar-refractivity contribution < 1.29 is 0 Å². The molecule has 0 bridgehead atoms. The van der Waals surface area contributed by atoms with Crippen LogP contribution in [0.2, 0.25) is 0 Å².